The Hall–Kier alpha value is -1.81. The molecule has 1 atom stereocenters. The zero-order chi connectivity index (χ0) is 14.7. The van der Waals surface area contributed by atoms with Gasteiger partial charge in [0, 0.05) is 30.7 Å². The second kappa shape index (κ2) is 6.31. The van der Waals surface area contributed by atoms with Crippen LogP contribution in [0.25, 0.3) is 11.0 Å². The van der Waals surface area contributed by atoms with Gasteiger partial charge in [-0.3, -0.25) is 4.79 Å². The van der Waals surface area contributed by atoms with Crippen LogP contribution in [0.2, 0.25) is 0 Å². The molecule has 1 amide bonds. The molecule has 0 aliphatic carbocycles. The van der Waals surface area contributed by atoms with E-state index in [4.69, 9.17) is 9.15 Å². The lowest BCUT2D eigenvalue weighted by Gasteiger charge is -2.21. The quantitative estimate of drug-likeness (QED) is 0.938. The lowest BCUT2D eigenvalue weighted by molar-refractivity contribution is 0.0514. The largest absolute Gasteiger partial charge is 0.461 e. The molecule has 1 unspecified atom stereocenters. The van der Waals surface area contributed by atoms with E-state index in [0.717, 1.165) is 42.8 Å². The Bertz CT molecular complexity index is 626. The molecule has 1 aromatic carbocycles. The van der Waals surface area contributed by atoms with Gasteiger partial charge in [0.1, 0.15) is 11.3 Å². The Morgan fingerprint density at radius 3 is 3.10 bits per heavy atom. The van der Waals surface area contributed by atoms with E-state index in [2.05, 4.69) is 5.32 Å². The summed E-state index contributed by atoms with van der Waals surface area (Å²) in [6, 6.07) is 7.49. The van der Waals surface area contributed by atoms with Crippen LogP contribution >= 0.6 is 0 Å². The average molecular weight is 287 g/mol. The van der Waals surface area contributed by atoms with E-state index in [1.807, 2.05) is 31.2 Å². The zero-order valence-electron chi connectivity index (χ0n) is 12.4. The first kappa shape index (κ1) is 14.1. The van der Waals surface area contributed by atoms with Crippen molar-refractivity contribution >= 4 is 16.9 Å². The van der Waals surface area contributed by atoms with Crippen LogP contribution < -0.4 is 5.32 Å². The van der Waals surface area contributed by atoms with Crippen molar-refractivity contribution in [2.75, 3.05) is 19.8 Å². The number of amides is 1. The van der Waals surface area contributed by atoms with E-state index < -0.39 is 0 Å². The van der Waals surface area contributed by atoms with Gasteiger partial charge in [0.25, 0.3) is 5.91 Å². The number of aryl methyl sites for hydroxylation is 1. The number of carbonyl (C=O) groups is 1. The third-order valence-corrected chi connectivity index (χ3v) is 3.99. The van der Waals surface area contributed by atoms with E-state index >= 15 is 0 Å². The number of fused-ring (bicyclic) bond motifs is 1. The first-order valence-electron chi connectivity index (χ1n) is 7.58. The maximum absolute atomic E-state index is 12.2. The molecule has 2 heterocycles. The number of hydrogen-bond acceptors (Lipinski definition) is 3. The number of ether oxygens (including phenoxy) is 1. The zero-order valence-corrected chi connectivity index (χ0v) is 12.4. The Balaban J connectivity index is 1.55. The van der Waals surface area contributed by atoms with Gasteiger partial charge in [0.05, 0.1) is 0 Å². The lowest BCUT2D eigenvalue weighted by Crippen LogP contribution is -2.28. The lowest BCUT2D eigenvalue weighted by atomic mass is 9.99. The summed E-state index contributed by atoms with van der Waals surface area (Å²) in [5, 5.41) is 3.97. The fraction of sp³-hybridized carbons (Fsp3) is 0.471. The molecule has 0 radical (unpaired) electrons. The third kappa shape index (κ3) is 3.45. The van der Waals surface area contributed by atoms with Crippen molar-refractivity contribution in [2.45, 2.75) is 26.2 Å². The molecule has 0 bridgehead atoms. The van der Waals surface area contributed by atoms with Crippen LogP contribution in [0.5, 0.6) is 0 Å². The molecule has 1 aliphatic heterocycles. The predicted octanol–water partition coefficient (Wildman–Crippen LogP) is 3.29. The van der Waals surface area contributed by atoms with Crippen molar-refractivity contribution in [3.8, 4) is 0 Å². The van der Waals surface area contributed by atoms with Gasteiger partial charge >= 0.3 is 0 Å². The molecule has 4 nitrogen and oxygen atoms in total. The van der Waals surface area contributed by atoms with E-state index in [9.17, 15) is 4.79 Å². The highest BCUT2D eigenvalue weighted by Gasteiger charge is 2.14. The summed E-state index contributed by atoms with van der Waals surface area (Å²) in [5.74, 6) is 1.42. The van der Waals surface area contributed by atoms with Crippen LogP contribution in [0.15, 0.2) is 28.7 Å². The Morgan fingerprint density at radius 2 is 2.29 bits per heavy atom. The summed E-state index contributed by atoms with van der Waals surface area (Å²) in [6.45, 7) is 4.32. The van der Waals surface area contributed by atoms with Gasteiger partial charge in [-0.15, -0.1) is 0 Å². The summed E-state index contributed by atoms with van der Waals surface area (Å²) in [7, 11) is 0. The van der Waals surface area contributed by atoms with Crippen LogP contribution in [0.4, 0.5) is 0 Å². The highest BCUT2D eigenvalue weighted by atomic mass is 16.5. The maximum atomic E-state index is 12.2. The molecule has 21 heavy (non-hydrogen) atoms. The Labute approximate surface area is 124 Å². The monoisotopic (exact) mass is 287 g/mol. The molecule has 1 saturated heterocycles. The van der Waals surface area contributed by atoms with Gasteiger partial charge in [-0.1, -0.05) is 0 Å². The van der Waals surface area contributed by atoms with Crippen molar-refractivity contribution in [1.82, 2.24) is 5.32 Å². The molecule has 4 heteroatoms. The molecule has 1 fully saturated rings. The minimum Gasteiger partial charge on any atom is -0.461 e. The van der Waals surface area contributed by atoms with Crippen LogP contribution in [-0.2, 0) is 4.74 Å². The summed E-state index contributed by atoms with van der Waals surface area (Å²) in [4.78, 5) is 12.2. The molecule has 3 rings (SSSR count). The van der Waals surface area contributed by atoms with Gasteiger partial charge < -0.3 is 14.5 Å². The van der Waals surface area contributed by atoms with Crippen LogP contribution in [-0.4, -0.2) is 25.7 Å². The summed E-state index contributed by atoms with van der Waals surface area (Å²) < 4.78 is 11.0. The van der Waals surface area contributed by atoms with Crippen molar-refractivity contribution in [3.63, 3.8) is 0 Å². The molecule has 1 aromatic heterocycles. The van der Waals surface area contributed by atoms with Crippen molar-refractivity contribution in [2.24, 2.45) is 5.92 Å². The summed E-state index contributed by atoms with van der Waals surface area (Å²) >= 11 is 0. The fourth-order valence-corrected chi connectivity index (χ4v) is 2.84. The number of hydrogen-bond donors (Lipinski definition) is 1. The third-order valence-electron chi connectivity index (χ3n) is 3.99. The first-order valence-corrected chi connectivity index (χ1v) is 7.58. The van der Waals surface area contributed by atoms with Crippen LogP contribution in [0.1, 0.15) is 35.4 Å². The molecule has 1 aliphatic rings. The van der Waals surface area contributed by atoms with Crippen molar-refractivity contribution in [1.29, 1.82) is 0 Å². The summed E-state index contributed by atoms with van der Waals surface area (Å²) in [6.07, 6.45) is 3.32. The van der Waals surface area contributed by atoms with E-state index in [1.54, 1.807) is 0 Å². The second-order valence-electron chi connectivity index (χ2n) is 5.74. The highest BCUT2D eigenvalue weighted by Crippen LogP contribution is 2.20. The number of carbonyl (C=O) groups excluding carboxylic acids is 1. The highest BCUT2D eigenvalue weighted by molar-refractivity contribution is 5.97. The number of rotatable bonds is 4. The minimum absolute atomic E-state index is 0.0209. The van der Waals surface area contributed by atoms with Gasteiger partial charge in [0.2, 0.25) is 0 Å². The molecule has 0 spiro atoms. The standard InChI is InChI=1S/C17H21NO3/c1-12-9-15-10-14(4-5-16(15)21-12)17(19)18-7-6-13-3-2-8-20-11-13/h4-5,9-10,13H,2-3,6-8,11H2,1H3,(H,18,19). The minimum atomic E-state index is -0.0209. The second-order valence-corrected chi connectivity index (χ2v) is 5.74. The predicted molar refractivity (Wildman–Crippen MR) is 81.4 cm³/mol. The molecular weight excluding hydrogens is 266 g/mol. The molecule has 0 saturated carbocycles. The average Bonchev–Trinajstić information content (AvgIpc) is 2.87. The van der Waals surface area contributed by atoms with E-state index in [0.29, 0.717) is 18.0 Å². The van der Waals surface area contributed by atoms with Crippen molar-refractivity contribution < 1.29 is 13.9 Å². The van der Waals surface area contributed by atoms with Gasteiger partial charge in [0.15, 0.2) is 0 Å². The summed E-state index contributed by atoms with van der Waals surface area (Å²) in [5.41, 5.74) is 1.51. The smallest absolute Gasteiger partial charge is 0.251 e. The first-order chi connectivity index (χ1) is 10.2. The van der Waals surface area contributed by atoms with E-state index in [1.165, 1.54) is 6.42 Å². The Kier molecular flexibility index (Phi) is 4.25. The van der Waals surface area contributed by atoms with Gasteiger partial charge in [-0.2, -0.15) is 0 Å². The van der Waals surface area contributed by atoms with Gasteiger partial charge in [-0.05, 0) is 56.4 Å². The maximum Gasteiger partial charge on any atom is 0.251 e. The van der Waals surface area contributed by atoms with Gasteiger partial charge in [-0.25, -0.2) is 0 Å². The number of nitrogens with one attached hydrogen (secondary N) is 1. The SMILES string of the molecule is Cc1cc2cc(C(=O)NCCC3CCCOC3)ccc2o1. The topological polar surface area (TPSA) is 51.5 Å². The van der Waals surface area contributed by atoms with Crippen molar-refractivity contribution in [3.05, 3.63) is 35.6 Å². The van der Waals surface area contributed by atoms with E-state index in [-0.39, 0.29) is 5.91 Å². The Morgan fingerprint density at radius 1 is 1.38 bits per heavy atom. The number of furan rings is 1. The molecule has 1 N–H and O–H groups in total. The van der Waals surface area contributed by atoms with Crippen LogP contribution in [0, 0.1) is 12.8 Å². The number of benzene rings is 1. The fourth-order valence-electron chi connectivity index (χ4n) is 2.84. The molecule has 2 aromatic rings. The molecular formula is C17H21NO3. The normalized spacial score (nSPS) is 18.8. The van der Waals surface area contributed by atoms with Crippen LogP contribution in [0.3, 0.4) is 0 Å². The molecule has 112 valence electrons.